The van der Waals surface area contributed by atoms with Crippen LogP contribution in [0.1, 0.15) is 15.9 Å². The van der Waals surface area contributed by atoms with Gasteiger partial charge in [0.2, 0.25) is 0 Å². The van der Waals surface area contributed by atoms with E-state index in [0.717, 1.165) is 11.6 Å². The second-order valence-electron chi connectivity index (χ2n) is 3.64. The molecule has 0 aliphatic heterocycles. The number of nitrogens with zero attached hydrogens (tertiary/aromatic N) is 1. The number of H-pyrrole nitrogens is 1. The quantitative estimate of drug-likeness (QED) is 0.729. The summed E-state index contributed by atoms with van der Waals surface area (Å²) in [4.78, 5) is 28.9. The summed E-state index contributed by atoms with van der Waals surface area (Å²) >= 11 is 0. The highest BCUT2D eigenvalue weighted by Crippen LogP contribution is 2.11. The summed E-state index contributed by atoms with van der Waals surface area (Å²) < 4.78 is 0. The Morgan fingerprint density at radius 1 is 1.50 bits per heavy atom. The van der Waals surface area contributed by atoms with Crippen LogP contribution in [0.4, 0.5) is 0 Å². The van der Waals surface area contributed by atoms with Crippen LogP contribution in [-0.2, 0) is 6.54 Å². The maximum Gasteiger partial charge on any atom is 0.256 e. The molecule has 1 amide bonds. The Morgan fingerprint density at radius 3 is 3.00 bits per heavy atom. The Kier molecular flexibility index (Phi) is 3.38. The van der Waals surface area contributed by atoms with Crippen LogP contribution < -0.4 is 10.9 Å². The maximum absolute atomic E-state index is 11.7. The molecule has 0 spiro atoms. The summed E-state index contributed by atoms with van der Waals surface area (Å²) in [7, 11) is 0. The van der Waals surface area contributed by atoms with Crippen molar-refractivity contribution in [2.45, 2.75) is 6.54 Å². The van der Waals surface area contributed by atoms with Crippen molar-refractivity contribution in [1.82, 2.24) is 15.3 Å². The molecule has 0 aromatic carbocycles. The molecular formula is C12H11N3O3. The number of amides is 1. The zero-order chi connectivity index (χ0) is 13.0. The van der Waals surface area contributed by atoms with Crippen LogP contribution >= 0.6 is 0 Å². The smallest absolute Gasteiger partial charge is 0.256 e. The van der Waals surface area contributed by atoms with Crippen molar-refractivity contribution in [2.75, 3.05) is 0 Å². The third-order valence-corrected chi connectivity index (χ3v) is 2.32. The van der Waals surface area contributed by atoms with Crippen molar-refractivity contribution in [1.29, 1.82) is 0 Å². The molecule has 2 heterocycles. The van der Waals surface area contributed by atoms with Gasteiger partial charge in [-0.05, 0) is 11.6 Å². The lowest BCUT2D eigenvalue weighted by Crippen LogP contribution is -2.24. The standard InChI is InChI=1S/C12H11N3O3/c16-10-4-11(17)14-7-9(10)12(18)15-6-8-2-1-3-13-5-8/h1-5,7H,6H2,(H,15,18)(H2,14,16,17). The van der Waals surface area contributed by atoms with Gasteiger partial charge in [0, 0.05) is 31.2 Å². The lowest BCUT2D eigenvalue weighted by Gasteiger charge is -2.05. The minimum absolute atomic E-state index is 0.0264. The van der Waals surface area contributed by atoms with Gasteiger partial charge in [-0.25, -0.2) is 0 Å². The van der Waals surface area contributed by atoms with E-state index in [9.17, 15) is 14.7 Å². The number of nitrogens with one attached hydrogen (secondary N) is 2. The lowest BCUT2D eigenvalue weighted by molar-refractivity contribution is 0.0948. The Hall–Kier alpha value is -2.63. The molecule has 6 heteroatoms. The molecule has 0 atom stereocenters. The summed E-state index contributed by atoms with van der Waals surface area (Å²) in [5.41, 5.74) is 0.407. The molecule has 6 nitrogen and oxygen atoms in total. The monoisotopic (exact) mass is 245 g/mol. The molecule has 0 radical (unpaired) electrons. The zero-order valence-electron chi connectivity index (χ0n) is 9.38. The Bertz CT molecular complexity index is 607. The van der Waals surface area contributed by atoms with Crippen LogP contribution in [0.5, 0.6) is 5.75 Å². The van der Waals surface area contributed by atoms with Crippen LogP contribution in [0.3, 0.4) is 0 Å². The van der Waals surface area contributed by atoms with Gasteiger partial charge in [0.1, 0.15) is 5.75 Å². The molecule has 0 saturated heterocycles. The van der Waals surface area contributed by atoms with Gasteiger partial charge in [0.25, 0.3) is 11.5 Å². The predicted molar refractivity (Wildman–Crippen MR) is 64.1 cm³/mol. The molecule has 0 aliphatic carbocycles. The number of hydrogen-bond donors (Lipinski definition) is 3. The van der Waals surface area contributed by atoms with E-state index in [1.165, 1.54) is 6.20 Å². The van der Waals surface area contributed by atoms with Crippen LogP contribution in [0.15, 0.2) is 41.6 Å². The van der Waals surface area contributed by atoms with E-state index in [1.807, 2.05) is 6.07 Å². The minimum atomic E-state index is -0.465. The number of aromatic nitrogens is 2. The van der Waals surface area contributed by atoms with E-state index >= 15 is 0 Å². The van der Waals surface area contributed by atoms with Crippen molar-refractivity contribution >= 4 is 5.91 Å². The highest BCUT2D eigenvalue weighted by molar-refractivity contribution is 5.96. The third kappa shape index (κ3) is 2.73. The van der Waals surface area contributed by atoms with E-state index in [1.54, 1.807) is 18.5 Å². The zero-order valence-corrected chi connectivity index (χ0v) is 9.38. The molecule has 2 rings (SSSR count). The van der Waals surface area contributed by atoms with Crippen molar-refractivity contribution < 1.29 is 9.90 Å². The second kappa shape index (κ2) is 5.13. The number of carbonyl (C=O) groups is 1. The number of hydrogen-bond acceptors (Lipinski definition) is 4. The molecule has 2 aromatic heterocycles. The van der Waals surface area contributed by atoms with Gasteiger partial charge in [-0.2, -0.15) is 0 Å². The molecule has 0 bridgehead atoms. The molecule has 0 fully saturated rings. The number of rotatable bonds is 3. The molecule has 0 aliphatic rings. The topological polar surface area (TPSA) is 95.1 Å². The molecule has 3 N–H and O–H groups in total. The Labute approximate surface area is 102 Å². The number of aromatic hydroxyl groups is 1. The first kappa shape index (κ1) is 11.8. The summed E-state index contributed by atoms with van der Waals surface area (Å²) in [6.45, 7) is 0.297. The largest absolute Gasteiger partial charge is 0.507 e. The molecule has 0 unspecified atom stereocenters. The first-order valence-corrected chi connectivity index (χ1v) is 5.25. The van der Waals surface area contributed by atoms with Gasteiger partial charge >= 0.3 is 0 Å². The van der Waals surface area contributed by atoms with E-state index in [0.29, 0.717) is 6.54 Å². The van der Waals surface area contributed by atoms with E-state index in [-0.39, 0.29) is 11.3 Å². The van der Waals surface area contributed by atoms with Gasteiger partial charge in [0.15, 0.2) is 0 Å². The van der Waals surface area contributed by atoms with Crippen molar-refractivity contribution in [3.8, 4) is 5.75 Å². The maximum atomic E-state index is 11.7. The van der Waals surface area contributed by atoms with E-state index < -0.39 is 11.5 Å². The molecular weight excluding hydrogens is 234 g/mol. The van der Waals surface area contributed by atoms with Crippen molar-refractivity contribution in [2.24, 2.45) is 0 Å². The fraction of sp³-hybridized carbons (Fsp3) is 0.0833. The fourth-order valence-corrected chi connectivity index (χ4v) is 1.42. The van der Waals surface area contributed by atoms with Gasteiger partial charge in [-0.1, -0.05) is 6.07 Å². The van der Waals surface area contributed by atoms with Crippen molar-refractivity contribution in [3.63, 3.8) is 0 Å². The SMILES string of the molecule is O=C(NCc1cccnc1)c1c[nH]c(=O)cc1O. The van der Waals surface area contributed by atoms with Gasteiger partial charge in [0.05, 0.1) is 5.56 Å². The summed E-state index contributed by atoms with van der Waals surface area (Å²) in [6.07, 6.45) is 4.45. The number of pyridine rings is 2. The van der Waals surface area contributed by atoms with Crippen LogP contribution in [0, 0.1) is 0 Å². The number of aromatic amines is 1. The second-order valence-corrected chi connectivity index (χ2v) is 3.64. The van der Waals surface area contributed by atoms with E-state index in [2.05, 4.69) is 15.3 Å². The molecule has 18 heavy (non-hydrogen) atoms. The first-order valence-electron chi connectivity index (χ1n) is 5.25. The predicted octanol–water partition coefficient (Wildman–Crippen LogP) is 0.406. The average Bonchev–Trinajstić information content (AvgIpc) is 2.37. The number of carbonyl (C=O) groups excluding carboxylic acids is 1. The van der Waals surface area contributed by atoms with Gasteiger partial charge in [-0.15, -0.1) is 0 Å². The Balaban J connectivity index is 2.06. The van der Waals surface area contributed by atoms with Gasteiger partial charge < -0.3 is 15.4 Å². The van der Waals surface area contributed by atoms with Gasteiger partial charge in [-0.3, -0.25) is 14.6 Å². The highest BCUT2D eigenvalue weighted by Gasteiger charge is 2.10. The summed E-state index contributed by atoms with van der Waals surface area (Å²) in [5.74, 6) is -0.810. The van der Waals surface area contributed by atoms with Crippen LogP contribution in [0.25, 0.3) is 0 Å². The normalized spacial score (nSPS) is 10.0. The lowest BCUT2D eigenvalue weighted by atomic mass is 10.2. The average molecular weight is 245 g/mol. The molecule has 0 saturated carbocycles. The fourth-order valence-electron chi connectivity index (χ4n) is 1.42. The summed E-state index contributed by atoms with van der Waals surface area (Å²) in [6, 6.07) is 4.54. The van der Waals surface area contributed by atoms with Crippen LogP contribution in [-0.4, -0.2) is 21.0 Å². The van der Waals surface area contributed by atoms with Crippen molar-refractivity contribution in [3.05, 3.63) is 58.3 Å². The Morgan fingerprint density at radius 2 is 2.33 bits per heavy atom. The third-order valence-electron chi connectivity index (χ3n) is 2.32. The minimum Gasteiger partial charge on any atom is -0.507 e. The summed E-state index contributed by atoms with van der Waals surface area (Å²) in [5, 5.41) is 12.1. The molecule has 92 valence electrons. The first-order chi connectivity index (χ1) is 8.66. The van der Waals surface area contributed by atoms with E-state index in [4.69, 9.17) is 0 Å². The molecule has 2 aromatic rings. The van der Waals surface area contributed by atoms with Crippen LogP contribution in [0.2, 0.25) is 0 Å². The highest BCUT2D eigenvalue weighted by atomic mass is 16.3.